The van der Waals surface area contributed by atoms with Crippen molar-refractivity contribution in [1.82, 2.24) is 0 Å². The maximum atomic E-state index is 5.48. The molecule has 0 saturated carbocycles. The topological polar surface area (TPSA) is 52.0 Å². The monoisotopic (exact) mass is 392 g/mol. The predicted molar refractivity (Wildman–Crippen MR) is 113 cm³/mol. The average Bonchev–Trinajstić information content (AvgIpc) is 2.47. The third-order valence-electron chi connectivity index (χ3n) is 3.45. The summed E-state index contributed by atoms with van der Waals surface area (Å²) in [7, 11) is 4.15. The largest absolute Gasteiger partial charge is 0.330 e. The highest BCUT2D eigenvalue weighted by molar-refractivity contribution is 8.76. The highest BCUT2D eigenvalue weighted by Gasteiger charge is 1.94. The fourth-order valence-corrected chi connectivity index (χ4v) is 4.44. The van der Waals surface area contributed by atoms with Crippen molar-refractivity contribution in [2.45, 2.75) is 77.0 Å². The lowest BCUT2D eigenvalue weighted by atomic mass is 10.1. The zero-order valence-electron chi connectivity index (χ0n) is 14.1. The SMILES string of the molecule is Cl.Cl.NCCCCCCCCSSCCCCCCCCN. The Bertz CT molecular complexity index is 160. The Morgan fingerprint density at radius 3 is 1.00 bits per heavy atom. The first-order chi connectivity index (χ1) is 9.91. The van der Waals surface area contributed by atoms with Gasteiger partial charge in [-0.05, 0) is 38.8 Å². The van der Waals surface area contributed by atoms with Crippen molar-refractivity contribution in [2.75, 3.05) is 24.6 Å². The maximum Gasteiger partial charge on any atom is 0.00369 e. The number of hydrogen-bond acceptors (Lipinski definition) is 4. The molecule has 0 aliphatic rings. The van der Waals surface area contributed by atoms with E-state index in [0.717, 1.165) is 13.1 Å². The minimum Gasteiger partial charge on any atom is -0.330 e. The van der Waals surface area contributed by atoms with E-state index in [-0.39, 0.29) is 24.8 Å². The molecule has 2 nitrogen and oxygen atoms in total. The van der Waals surface area contributed by atoms with Crippen LogP contribution in [0, 0.1) is 0 Å². The van der Waals surface area contributed by atoms with Crippen molar-refractivity contribution >= 4 is 46.4 Å². The molecule has 0 aliphatic carbocycles. The lowest BCUT2D eigenvalue weighted by molar-refractivity contribution is 0.613. The van der Waals surface area contributed by atoms with Crippen LogP contribution in [0.3, 0.4) is 0 Å². The molecule has 0 unspecified atom stereocenters. The van der Waals surface area contributed by atoms with Crippen LogP contribution in [0.4, 0.5) is 0 Å². The molecule has 0 spiro atoms. The standard InChI is InChI=1S/C16H36N2S2.2ClH/c17-13-9-5-1-3-7-11-15-19-20-16-12-8-4-2-6-10-14-18;;/h1-18H2;2*1H. The van der Waals surface area contributed by atoms with Gasteiger partial charge in [0.2, 0.25) is 0 Å². The van der Waals surface area contributed by atoms with Gasteiger partial charge in [-0.1, -0.05) is 73.0 Å². The molecule has 0 aliphatic heterocycles. The maximum absolute atomic E-state index is 5.48. The van der Waals surface area contributed by atoms with Crippen LogP contribution in [0.5, 0.6) is 0 Å². The molecule has 6 heteroatoms. The number of nitrogens with two attached hydrogens (primary N) is 2. The summed E-state index contributed by atoms with van der Waals surface area (Å²) < 4.78 is 0. The van der Waals surface area contributed by atoms with Crippen LogP contribution in [0.1, 0.15) is 77.0 Å². The smallest absolute Gasteiger partial charge is 0.00369 e. The van der Waals surface area contributed by atoms with Crippen LogP contribution < -0.4 is 11.5 Å². The Hall–Kier alpha value is 1.20. The number of halogens is 2. The molecule has 0 aromatic carbocycles. The molecule has 4 N–H and O–H groups in total. The fourth-order valence-electron chi connectivity index (χ4n) is 2.14. The van der Waals surface area contributed by atoms with Crippen LogP contribution in [-0.2, 0) is 0 Å². The van der Waals surface area contributed by atoms with Gasteiger partial charge >= 0.3 is 0 Å². The molecular weight excluding hydrogens is 355 g/mol. The molecule has 0 fully saturated rings. The quantitative estimate of drug-likeness (QED) is 0.242. The second kappa shape index (κ2) is 27.1. The zero-order valence-corrected chi connectivity index (χ0v) is 17.4. The molecule has 0 aromatic rings. The average molecular weight is 394 g/mol. The molecule has 0 aromatic heterocycles. The van der Waals surface area contributed by atoms with E-state index in [2.05, 4.69) is 21.6 Å². The van der Waals surface area contributed by atoms with Crippen LogP contribution in [0.25, 0.3) is 0 Å². The molecule has 0 heterocycles. The molecular formula is C16H38Cl2N2S2. The van der Waals surface area contributed by atoms with E-state index in [0.29, 0.717) is 0 Å². The minimum absolute atomic E-state index is 0. The van der Waals surface area contributed by atoms with Gasteiger partial charge in [0.25, 0.3) is 0 Å². The Morgan fingerprint density at radius 1 is 0.409 bits per heavy atom. The van der Waals surface area contributed by atoms with Crippen molar-refractivity contribution in [1.29, 1.82) is 0 Å². The third kappa shape index (κ3) is 26.1. The van der Waals surface area contributed by atoms with Crippen LogP contribution in [-0.4, -0.2) is 24.6 Å². The molecule has 0 radical (unpaired) electrons. The Labute approximate surface area is 159 Å². The van der Waals surface area contributed by atoms with Crippen LogP contribution in [0.2, 0.25) is 0 Å². The van der Waals surface area contributed by atoms with Crippen molar-refractivity contribution in [3.8, 4) is 0 Å². The Kier molecular flexibility index (Phi) is 34.5. The minimum atomic E-state index is 0. The molecule has 0 rings (SSSR count). The third-order valence-corrected chi connectivity index (χ3v) is 6.02. The van der Waals surface area contributed by atoms with Gasteiger partial charge in [-0.15, -0.1) is 24.8 Å². The summed E-state index contributed by atoms with van der Waals surface area (Å²) >= 11 is 0. The normalized spacial score (nSPS) is 10.1. The molecule has 0 amide bonds. The number of rotatable bonds is 17. The van der Waals surface area contributed by atoms with Gasteiger partial charge in [0.1, 0.15) is 0 Å². The highest BCUT2D eigenvalue weighted by atomic mass is 35.5. The first-order valence-corrected chi connectivity index (χ1v) is 11.0. The van der Waals surface area contributed by atoms with Crippen molar-refractivity contribution < 1.29 is 0 Å². The number of unbranched alkanes of at least 4 members (excludes halogenated alkanes) is 10. The van der Waals surface area contributed by atoms with Gasteiger partial charge in [-0.2, -0.15) is 0 Å². The highest BCUT2D eigenvalue weighted by Crippen LogP contribution is 2.24. The second-order valence-electron chi connectivity index (χ2n) is 5.46. The van der Waals surface area contributed by atoms with Crippen LogP contribution in [0.15, 0.2) is 0 Å². The summed E-state index contributed by atoms with van der Waals surface area (Å²) in [5, 5.41) is 0. The van der Waals surface area contributed by atoms with Gasteiger partial charge < -0.3 is 11.5 Å². The molecule has 22 heavy (non-hydrogen) atoms. The molecule has 0 bridgehead atoms. The lowest BCUT2D eigenvalue weighted by Crippen LogP contribution is -1.97. The predicted octanol–water partition coefficient (Wildman–Crippen LogP) is 5.81. The first-order valence-electron chi connectivity index (χ1n) is 8.56. The summed E-state index contributed by atoms with van der Waals surface area (Å²) in [5.74, 6) is 2.66. The van der Waals surface area contributed by atoms with E-state index in [1.165, 1.54) is 88.6 Å². The van der Waals surface area contributed by atoms with Crippen LogP contribution >= 0.6 is 46.4 Å². The van der Waals surface area contributed by atoms with Crippen molar-refractivity contribution in [3.05, 3.63) is 0 Å². The van der Waals surface area contributed by atoms with E-state index in [4.69, 9.17) is 11.5 Å². The summed E-state index contributed by atoms with van der Waals surface area (Å²) in [5.41, 5.74) is 11.0. The summed E-state index contributed by atoms with van der Waals surface area (Å²) in [6, 6.07) is 0. The van der Waals surface area contributed by atoms with Gasteiger partial charge in [0.05, 0.1) is 0 Å². The van der Waals surface area contributed by atoms with E-state index in [9.17, 15) is 0 Å². The number of hydrogen-bond donors (Lipinski definition) is 2. The van der Waals surface area contributed by atoms with Crippen molar-refractivity contribution in [3.63, 3.8) is 0 Å². The van der Waals surface area contributed by atoms with Gasteiger partial charge in [0, 0.05) is 11.5 Å². The van der Waals surface area contributed by atoms with E-state index in [1.54, 1.807) is 0 Å². The van der Waals surface area contributed by atoms with Gasteiger partial charge in [-0.3, -0.25) is 0 Å². The molecule has 0 atom stereocenters. The van der Waals surface area contributed by atoms with Gasteiger partial charge in [-0.25, -0.2) is 0 Å². The lowest BCUT2D eigenvalue weighted by Gasteiger charge is -2.03. The van der Waals surface area contributed by atoms with E-state index < -0.39 is 0 Å². The Balaban J connectivity index is -0.00000180. The van der Waals surface area contributed by atoms with Crippen molar-refractivity contribution in [2.24, 2.45) is 11.5 Å². The first kappa shape index (κ1) is 28.0. The Morgan fingerprint density at radius 2 is 0.682 bits per heavy atom. The second-order valence-corrected chi connectivity index (χ2v) is 8.17. The zero-order chi connectivity index (χ0) is 14.7. The molecule has 138 valence electrons. The fraction of sp³-hybridized carbons (Fsp3) is 1.00. The van der Waals surface area contributed by atoms with E-state index in [1.807, 2.05) is 0 Å². The molecule has 0 saturated heterocycles. The summed E-state index contributed by atoms with van der Waals surface area (Å²) in [6.07, 6.45) is 16.2. The van der Waals surface area contributed by atoms with Gasteiger partial charge in [0.15, 0.2) is 0 Å². The summed E-state index contributed by atoms with van der Waals surface area (Å²) in [6.45, 7) is 1.72. The summed E-state index contributed by atoms with van der Waals surface area (Å²) in [4.78, 5) is 0. The van der Waals surface area contributed by atoms with E-state index >= 15 is 0 Å².